The monoisotopic (exact) mass is 476 g/mol. The van der Waals surface area contributed by atoms with E-state index >= 15 is 0 Å². The average Bonchev–Trinajstić information content (AvgIpc) is 2.85. The molecular weight excluding hydrogens is 444 g/mol. The van der Waals surface area contributed by atoms with Gasteiger partial charge in [0.25, 0.3) is 5.91 Å². The van der Waals surface area contributed by atoms with Crippen molar-refractivity contribution >= 4 is 29.0 Å². The number of methoxy groups -OCH3 is 1. The van der Waals surface area contributed by atoms with E-state index < -0.39 is 0 Å². The molecule has 1 heterocycles. The quantitative estimate of drug-likeness (QED) is 0.383. The number of carbonyl (C=O) groups is 2. The molecule has 0 radical (unpaired) electrons. The van der Waals surface area contributed by atoms with E-state index in [4.69, 9.17) is 10.5 Å². The number of nitrogen functional groups attached to an aromatic ring is 1. The molecule has 4 N–H and O–H groups in total. The zero-order valence-electron chi connectivity index (χ0n) is 20.3. The first-order valence-electron chi connectivity index (χ1n) is 11.3. The normalized spacial score (nSPS) is 10.6. The molecule has 0 atom stereocenters. The Bertz CT molecular complexity index is 1120. The number of ether oxygens (including phenoxy) is 1. The summed E-state index contributed by atoms with van der Waals surface area (Å²) in [4.78, 5) is 33.7. The lowest BCUT2D eigenvalue weighted by Gasteiger charge is -2.24. The van der Waals surface area contributed by atoms with Crippen molar-refractivity contribution in [1.82, 2.24) is 14.8 Å². The van der Waals surface area contributed by atoms with Crippen molar-refractivity contribution in [2.75, 3.05) is 50.7 Å². The zero-order valence-corrected chi connectivity index (χ0v) is 20.3. The van der Waals surface area contributed by atoms with E-state index in [0.717, 1.165) is 24.3 Å². The second-order valence-electron chi connectivity index (χ2n) is 8.33. The van der Waals surface area contributed by atoms with Crippen LogP contribution < -0.4 is 21.1 Å². The van der Waals surface area contributed by atoms with Gasteiger partial charge in [-0.15, -0.1) is 0 Å². The Kier molecular flexibility index (Phi) is 9.02. The topological polar surface area (TPSA) is 113 Å². The summed E-state index contributed by atoms with van der Waals surface area (Å²) in [5.41, 5.74) is 8.67. The Hall–Kier alpha value is -4.11. The van der Waals surface area contributed by atoms with Crippen LogP contribution in [0.25, 0.3) is 0 Å². The summed E-state index contributed by atoms with van der Waals surface area (Å²) in [6.07, 6.45) is 2.43. The molecule has 9 nitrogen and oxygen atoms in total. The van der Waals surface area contributed by atoms with Crippen molar-refractivity contribution < 1.29 is 14.3 Å². The molecule has 0 aliphatic rings. The number of amides is 3. The molecule has 0 saturated heterocycles. The highest BCUT2D eigenvalue weighted by molar-refractivity contribution is 6.04. The van der Waals surface area contributed by atoms with E-state index in [1.165, 1.54) is 0 Å². The van der Waals surface area contributed by atoms with Gasteiger partial charge in [0.2, 0.25) is 0 Å². The Labute approximate surface area is 205 Å². The SMILES string of the molecule is COc1ccc(NC(=O)N(CCCN(C)C)Cc2ccc(C(=O)Nc3ccccc3N)nc2)cc1. The second kappa shape index (κ2) is 12.4. The first kappa shape index (κ1) is 25.5. The van der Waals surface area contributed by atoms with E-state index in [1.807, 2.05) is 14.1 Å². The number of hydrogen-bond acceptors (Lipinski definition) is 6. The molecule has 0 unspecified atom stereocenters. The number of aromatic nitrogens is 1. The number of rotatable bonds is 10. The summed E-state index contributed by atoms with van der Waals surface area (Å²) in [7, 11) is 5.59. The van der Waals surface area contributed by atoms with Crippen LogP contribution in [0.2, 0.25) is 0 Å². The summed E-state index contributed by atoms with van der Waals surface area (Å²) in [5, 5.41) is 5.70. The van der Waals surface area contributed by atoms with Crippen LogP contribution in [0.15, 0.2) is 66.9 Å². The van der Waals surface area contributed by atoms with Crippen molar-refractivity contribution in [3.63, 3.8) is 0 Å². The molecule has 0 aliphatic heterocycles. The van der Waals surface area contributed by atoms with Crippen molar-refractivity contribution in [3.05, 3.63) is 78.1 Å². The minimum Gasteiger partial charge on any atom is -0.497 e. The summed E-state index contributed by atoms with van der Waals surface area (Å²) < 4.78 is 5.17. The molecule has 0 bridgehead atoms. The van der Waals surface area contributed by atoms with Crippen LogP contribution in [0, 0.1) is 0 Å². The van der Waals surface area contributed by atoms with Crippen molar-refractivity contribution in [1.29, 1.82) is 0 Å². The number of urea groups is 1. The van der Waals surface area contributed by atoms with Crippen molar-refractivity contribution in [3.8, 4) is 5.75 Å². The molecule has 35 heavy (non-hydrogen) atoms. The first-order valence-corrected chi connectivity index (χ1v) is 11.3. The molecule has 0 aliphatic carbocycles. The molecule has 0 saturated carbocycles. The minimum atomic E-state index is -0.352. The maximum atomic E-state index is 13.0. The molecule has 0 spiro atoms. The third kappa shape index (κ3) is 7.72. The number of nitrogens with two attached hydrogens (primary N) is 1. The van der Waals surface area contributed by atoms with Gasteiger partial charge in [-0.3, -0.25) is 9.78 Å². The number of para-hydroxylation sites is 2. The highest BCUT2D eigenvalue weighted by Crippen LogP contribution is 2.18. The predicted octanol–water partition coefficient (Wildman–Crippen LogP) is 3.91. The van der Waals surface area contributed by atoms with Crippen LogP contribution in [-0.4, -0.2) is 61.0 Å². The minimum absolute atomic E-state index is 0.213. The van der Waals surface area contributed by atoms with Crippen LogP contribution in [0.1, 0.15) is 22.5 Å². The van der Waals surface area contributed by atoms with Crippen molar-refractivity contribution in [2.45, 2.75) is 13.0 Å². The molecule has 184 valence electrons. The highest BCUT2D eigenvalue weighted by Gasteiger charge is 2.16. The van der Waals surface area contributed by atoms with Gasteiger partial charge in [0.1, 0.15) is 11.4 Å². The predicted molar refractivity (Wildman–Crippen MR) is 139 cm³/mol. The molecule has 3 amide bonds. The van der Waals surface area contributed by atoms with Gasteiger partial charge in [-0.25, -0.2) is 4.79 Å². The first-order chi connectivity index (χ1) is 16.9. The van der Waals surface area contributed by atoms with Gasteiger partial charge in [-0.2, -0.15) is 0 Å². The van der Waals surface area contributed by atoms with E-state index in [9.17, 15) is 9.59 Å². The number of benzene rings is 2. The zero-order chi connectivity index (χ0) is 25.2. The maximum absolute atomic E-state index is 13.0. The summed E-state index contributed by atoms with van der Waals surface area (Å²) in [6, 6.07) is 17.5. The van der Waals surface area contributed by atoms with Gasteiger partial charge in [0, 0.05) is 25.0 Å². The van der Waals surface area contributed by atoms with Gasteiger partial charge in [0.05, 0.1) is 18.5 Å². The van der Waals surface area contributed by atoms with Crippen LogP contribution in [0.4, 0.5) is 21.9 Å². The number of hydrogen-bond donors (Lipinski definition) is 3. The number of nitrogens with zero attached hydrogens (tertiary/aromatic N) is 3. The Morgan fingerprint density at radius 1 is 0.971 bits per heavy atom. The van der Waals surface area contributed by atoms with E-state index in [-0.39, 0.29) is 17.6 Å². The highest BCUT2D eigenvalue weighted by atomic mass is 16.5. The molecular formula is C26H32N6O3. The van der Waals surface area contributed by atoms with Gasteiger partial charge >= 0.3 is 6.03 Å². The lowest BCUT2D eigenvalue weighted by molar-refractivity contribution is 0.102. The molecule has 1 aromatic heterocycles. The largest absolute Gasteiger partial charge is 0.497 e. The summed E-state index contributed by atoms with van der Waals surface area (Å²) in [6.45, 7) is 1.78. The number of anilines is 3. The van der Waals surface area contributed by atoms with Crippen LogP contribution >= 0.6 is 0 Å². The molecule has 3 rings (SSSR count). The Morgan fingerprint density at radius 2 is 1.71 bits per heavy atom. The van der Waals surface area contributed by atoms with Gasteiger partial charge < -0.3 is 30.9 Å². The Morgan fingerprint density at radius 3 is 2.34 bits per heavy atom. The van der Waals surface area contributed by atoms with Gasteiger partial charge in [-0.1, -0.05) is 18.2 Å². The van der Waals surface area contributed by atoms with Crippen LogP contribution in [0.5, 0.6) is 5.75 Å². The second-order valence-corrected chi connectivity index (χ2v) is 8.33. The third-order valence-corrected chi connectivity index (χ3v) is 5.30. The fraction of sp³-hybridized carbons (Fsp3) is 0.269. The van der Waals surface area contributed by atoms with Gasteiger partial charge in [-0.05, 0) is 75.1 Å². The third-order valence-electron chi connectivity index (χ3n) is 5.30. The molecule has 9 heteroatoms. The summed E-state index contributed by atoms with van der Waals surface area (Å²) >= 11 is 0. The van der Waals surface area contributed by atoms with Gasteiger partial charge in [0.15, 0.2) is 0 Å². The average molecular weight is 477 g/mol. The fourth-order valence-corrected chi connectivity index (χ4v) is 3.38. The van der Waals surface area contributed by atoms with E-state index in [0.29, 0.717) is 30.2 Å². The maximum Gasteiger partial charge on any atom is 0.322 e. The smallest absolute Gasteiger partial charge is 0.322 e. The standard InChI is InChI=1S/C26H32N6O3/c1-31(2)15-6-16-32(26(34)29-20-10-12-21(35-3)13-11-20)18-19-9-14-24(28-17-19)25(33)30-23-8-5-4-7-22(23)27/h4-5,7-14,17H,6,15-16,18,27H2,1-3H3,(H,29,34)(H,30,33). The fourth-order valence-electron chi connectivity index (χ4n) is 3.38. The van der Waals surface area contributed by atoms with Crippen molar-refractivity contribution in [2.24, 2.45) is 0 Å². The van der Waals surface area contributed by atoms with E-state index in [1.54, 1.807) is 78.9 Å². The molecule has 3 aromatic rings. The van der Waals surface area contributed by atoms with Crippen LogP contribution in [0.3, 0.4) is 0 Å². The Balaban J connectivity index is 1.66. The van der Waals surface area contributed by atoms with E-state index in [2.05, 4.69) is 20.5 Å². The number of nitrogens with one attached hydrogen (secondary N) is 2. The lowest BCUT2D eigenvalue weighted by Crippen LogP contribution is -2.36. The van der Waals surface area contributed by atoms with Crippen LogP contribution in [-0.2, 0) is 6.54 Å². The molecule has 0 fully saturated rings. The number of carbonyl (C=O) groups excluding carboxylic acids is 2. The number of pyridine rings is 1. The lowest BCUT2D eigenvalue weighted by atomic mass is 10.2. The molecule has 2 aromatic carbocycles. The summed E-state index contributed by atoms with van der Waals surface area (Å²) in [5.74, 6) is 0.366.